The van der Waals surface area contributed by atoms with Gasteiger partial charge in [-0.2, -0.15) is 4.98 Å². The Morgan fingerprint density at radius 3 is 2.72 bits per heavy atom. The second kappa shape index (κ2) is 6.55. The van der Waals surface area contributed by atoms with Gasteiger partial charge in [-0.1, -0.05) is 48.0 Å². The number of nitrogens with one attached hydrogen (secondary N) is 1. The molecule has 4 heteroatoms. The summed E-state index contributed by atoms with van der Waals surface area (Å²) in [5, 5.41) is 3.41. The van der Waals surface area contributed by atoms with E-state index in [1.807, 2.05) is 12.3 Å². The molecule has 0 aliphatic carbocycles. The summed E-state index contributed by atoms with van der Waals surface area (Å²) >= 11 is 0. The first-order chi connectivity index (χ1) is 12.2. The lowest BCUT2D eigenvalue weighted by atomic mass is 10.1. The van der Waals surface area contributed by atoms with Gasteiger partial charge in [0.15, 0.2) is 0 Å². The molecule has 1 aromatic heterocycles. The van der Waals surface area contributed by atoms with Crippen LogP contribution in [0.3, 0.4) is 0 Å². The molecule has 1 atom stereocenters. The fraction of sp³-hybridized carbons (Fsp3) is 0.238. The number of nitrogens with zero attached hydrogens (tertiary/aromatic N) is 3. The van der Waals surface area contributed by atoms with Gasteiger partial charge < -0.3 is 10.2 Å². The van der Waals surface area contributed by atoms with E-state index < -0.39 is 0 Å². The van der Waals surface area contributed by atoms with Crippen LogP contribution < -0.4 is 10.2 Å². The van der Waals surface area contributed by atoms with Crippen molar-refractivity contribution in [3.8, 4) is 0 Å². The lowest BCUT2D eigenvalue weighted by Gasteiger charge is -2.23. The average molecular weight is 330 g/mol. The van der Waals surface area contributed by atoms with E-state index in [1.54, 1.807) is 0 Å². The van der Waals surface area contributed by atoms with Crippen molar-refractivity contribution in [1.29, 1.82) is 0 Å². The maximum atomic E-state index is 4.74. The molecule has 25 heavy (non-hydrogen) atoms. The number of para-hydroxylation sites is 1. The molecule has 2 aromatic carbocycles. The van der Waals surface area contributed by atoms with E-state index in [2.05, 4.69) is 77.6 Å². The van der Waals surface area contributed by atoms with Crippen molar-refractivity contribution in [2.45, 2.75) is 32.9 Å². The molecule has 4 rings (SSSR count). The van der Waals surface area contributed by atoms with Crippen molar-refractivity contribution < 1.29 is 0 Å². The lowest BCUT2D eigenvalue weighted by Crippen LogP contribution is -2.26. The van der Waals surface area contributed by atoms with Gasteiger partial charge in [0.05, 0.1) is 0 Å². The monoisotopic (exact) mass is 330 g/mol. The van der Waals surface area contributed by atoms with Gasteiger partial charge in [0, 0.05) is 24.5 Å². The fourth-order valence-electron chi connectivity index (χ4n) is 3.33. The SMILES string of the molecule is Cc1ccc(CNc2ccnc(N3c4ccccc4CC3C)n2)cc1. The van der Waals surface area contributed by atoms with Gasteiger partial charge in [0.25, 0.3) is 0 Å². The quantitative estimate of drug-likeness (QED) is 0.766. The molecule has 2 heterocycles. The molecular formula is C21H22N4. The summed E-state index contributed by atoms with van der Waals surface area (Å²) in [4.78, 5) is 11.5. The predicted molar refractivity (Wildman–Crippen MR) is 102 cm³/mol. The first-order valence-electron chi connectivity index (χ1n) is 8.70. The summed E-state index contributed by atoms with van der Waals surface area (Å²) in [7, 11) is 0. The Morgan fingerprint density at radius 1 is 1.08 bits per heavy atom. The van der Waals surface area contributed by atoms with Gasteiger partial charge in [-0.05, 0) is 43.5 Å². The van der Waals surface area contributed by atoms with Crippen molar-refractivity contribution in [2.24, 2.45) is 0 Å². The summed E-state index contributed by atoms with van der Waals surface area (Å²) in [5.74, 6) is 1.61. The molecule has 0 radical (unpaired) electrons. The van der Waals surface area contributed by atoms with Crippen LogP contribution in [0, 0.1) is 6.92 Å². The zero-order valence-corrected chi connectivity index (χ0v) is 14.6. The van der Waals surface area contributed by atoms with Gasteiger partial charge in [0.2, 0.25) is 5.95 Å². The Kier molecular flexibility index (Phi) is 4.10. The third-order valence-electron chi connectivity index (χ3n) is 4.66. The van der Waals surface area contributed by atoms with E-state index in [0.29, 0.717) is 6.04 Å². The zero-order chi connectivity index (χ0) is 17.2. The van der Waals surface area contributed by atoms with Crippen LogP contribution >= 0.6 is 0 Å². The van der Waals surface area contributed by atoms with Crippen LogP contribution in [0.25, 0.3) is 0 Å². The minimum atomic E-state index is 0.366. The second-order valence-electron chi connectivity index (χ2n) is 6.63. The Bertz CT molecular complexity index is 873. The summed E-state index contributed by atoms with van der Waals surface area (Å²) in [6.07, 6.45) is 2.86. The maximum absolute atomic E-state index is 4.74. The highest BCUT2D eigenvalue weighted by atomic mass is 15.3. The van der Waals surface area contributed by atoms with Crippen LogP contribution in [0.1, 0.15) is 23.6 Å². The summed E-state index contributed by atoms with van der Waals surface area (Å²) in [5.41, 5.74) is 5.09. The van der Waals surface area contributed by atoms with Crippen molar-refractivity contribution in [3.63, 3.8) is 0 Å². The highest BCUT2D eigenvalue weighted by molar-refractivity contribution is 5.67. The number of anilines is 3. The number of aromatic nitrogens is 2. The van der Waals surface area contributed by atoms with Gasteiger partial charge in [0.1, 0.15) is 5.82 Å². The van der Waals surface area contributed by atoms with Gasteiger partial charge >= 0.3 is 0 Å². The number of fused-ring (bicyclic) bond motifs is 1. The molecule has 0 bridgehead atoms. The van der Waals surface area contributed by atoms with Crippen LogP contribution in [-0.2, 0) is 13.0 Å². The number of rotatable bonds is 4. The Balaban J connectivity index is 1.54. The third kappa shape index (κ3) is 3.20. The first kappa shape index (κ1) is 15.6. The molecule has 126 valence electrons. The number of hydrogen-bond acceptors (Lipinski definition) is 4. The molecule has 0 saturated heterocycles. The third-order valence-corrected chi connectivity index (χ3v) is 4.66. The molecule has 0 saturated carbocycles. The second-order valence-corrected chi connectivity index (χ2v) is 6.63. The van der Waals surface area contributed by atoms with Crippen LogP contribution in [-0.4, -0.2) is 16.0 Å². The molecule has 4 nitrogen and oxygen atoms in total. The topological polar surface area (TPSA) is 41.1 Å². The maximum Gasteiger partial charge on any atom is 0.232 e. The van der Waals surface area contributed by atoms with Gasteiger partial charge in [-0.25, -0.2) is 4.98 Å². The molecule has 1 aliphatic rings. The summed E-state index contributed by atoms with van der Waals surface area (Å²) in [6, 6.07) is 19.3. The van der Waals surface area contributed by atoms with Crippen molar-refractivity contribution in [1.82, 2.24) is 9.97 Å². The standard InChI is InChI=1S/C21H22N4/c1-15-7-9-17(10-8-15)14-23-20-11-12-22-21(24-20)25-16(2)13-18-5-3-4-6-19(18)25/h3-12,16H,13-14H2,1-2H3,(H,22,23,24). The molecular weight excluding hydrogens is 308 g/mol. The lowest BCUT2D eigenvalue weighted by molar-refractivity contribution is 0.740. The summed E-state index contributed by atoms with van der Waals surface area (Å²) in [6.45, 7) is 5.07. The molecule has 1 unspecified atom stereocenters. The zero-order valence-electron chi connectivity index (χ0n) is 14.6. The molecule has 1 N–H and O–H groups in total. The van der Waals surface area contributed by atoms with Gasteiger partial charge in [-0.3, -0.25) is 0 Å². The fourth-order valence-corrected chi connectivity index (χ4v) is 3.33. The van der Waals surface area contributed by atoms with Crippen molar-refractivity contribution in [3.05, 3.63) is 77.5 Å². The Hall–Kier alpha value is -2.88. The normalized spacial score (nSPS) is 15.9. The van der Waals surface area contributed by atoms with Crippen LogP contribution in [0.4, 0.5) is 17.5 Å². The van der Waals surface area contributed by atoms with E-state index in [1.165, 1.54) is 22.4 Å². The highest BCUT2D eigenvalue weighted by Gasteiger charge is 2.28. The largest absolute Gasteiger partial charge is 0.366 e. The van der Waals surface area contributed by atoms with E-state index in [-0.39, 0.29) is 0 Å². The van der Waals surface area contributed by atoms with E-state index >= 15 is 0 Å². The predicted octanol–water partition coefficient (Wildman–Crippen LogP) is 4.48. The molecule has 3 aromatic rings. The highest BCUT2D eigenvalue weighted by Crippen LogP contribution is 2.36. The number of aryl methyl sites for hydroxylation is 1. The number of benzene rings is 2. The van der Waals surface area contributed by atoms with Crippen LogP contribution in [0.2, 0.25) is 0 Å². The summed E-state index contributed by atoms with van der Waals surface area (Å²) < 4.78 is 0. The number of hydrogen-bond donors (Lipinski definition) is 1. The molecule has 1 aliphatic heterocycles. The first-order valence-corrected chi connectivity index (χ1v) is 8.70. The van der Waals surface area contributed by atoms with Crippen LogP contribution in [0.5, 0.6) is 0 Å². The van der Waals surface area contributed by atoms with Gasteiger partial charge in [-0.15, -0.1) is 0 Å². The molecule has 0 amide bonds. The smallest absolute Gasteiger partial charge is 0.232 e. The van der Waals surface area contributed by atoms with Crippen LogP contribution in [0.15, 0.2) is 60.8 Å². The average Bonchev–Trinajstić information content (AvgIpc) is 2.97. The minimum Gasteiger partial charge on any atom is -0.366 e. The van der Waals surface area contributed by atoms with E-state index in [9.17, 15) is 0 Å². The van der Waals surface area contributed by atoms with Crippen molar-refractivity contribution in [2.75, 3.05) is 10.2 Å². The molecule has 0 fully saturated rings. The van der Waals surface area contributed by atoms with E-state index in [0.717, 1.165) is 24.7 Å². The molecule has 0 spiro atoms. The van der Waals surface area contributed by atoms with E-state index in [4.69, 9.17) is 4.98 Å². The Labute approximate surface area is 148 Å². The van der Waals surface area contributed by atoms with Crippen molar-refractivity contribution >= 4 is 17.5 Å². The minimum absolute atomic E-state index is 0.366. The Morgan fingerprint density at radius 2 is 1.88 bits per heavy atom.